The number of nitrogens with one attached hydrogen (secondary N) is 1. The van der Waals surface area contributed by atoms with Crippen molar-refractivity contribution in [3.05, 3.63) is 22.7 Å². The van der Waals surface area contributed by atoms with Crippen LogP contribution in [0.2, 0.25) is 0 Å². The number of aliphatic hydroxyl groups is 3. The van der Waals surface area contributed by atoms with Crippen LogP contribution in [0.4, 0.5) is 10.6 Å². The summed E-state index contributed by atoms with van der Waals surface area (Å²) < 4.78 is 11.1. The molecule has 2 rings (SSSR count). The standard InChI is InChI=1S/C17H27N3O8/c1-2-3-4-5-6-9-26-17(25)28-19-12-7-8-20(16(24)18-12)15-14(23)13(22)11(10-21)27-15/h7-8,11,13-15,21-23H,2-6,9-10H2,1H3,(H,18,19,24)/t11-,13+,14?,15-/m1/s1. The number of aromatic nitrogens is 2. The third-order valence-corrected chi connectivity index (χ3v) is 4.33. The molecule has 0 radical (unpaired) electrons. The molecule has 2 heterocycles. The Bertz CT molecular complexity index is 683. The van der Waals surface area contributed by atoms with Crippen LogP contribution in [0, 0.1) is 0 Å². The number of nitrogens with zero attached hydrogens (tertiary/aromatic N) is 2. The molecule has 1 aliphatic rings. The Kier molecular flexibility index (Phi) is 8.64. The van der Waals surface area contributed by atoms with Crippen LogP contribution < -0.4 is 11.2 Å². The summed E-state index contributed by atoms with van der Waals surface area (Å²) in [7, 11) is 0. The molecule has 1 aliphatic heterocycles. The summed E-state index contributed by atoms with van der Waals surface area (Å²) in [5, 5.41) is 28.8. The first-order chi connectivity index (χ1) is 13.5. The molecule has 0 amide bonds. The maximum absolute atomic E-state index is 12.1. The number of carbonyl (C=O) groups is 1. The summed E-state index contributed by atoms with van der Waals surface area (Å²) in [6.07, 6.45) is 0.443. The summed E-state index contributed by atoms with van der Waals surface area (Å²) in [6.45, 7) is 1.85. The monoisotopic (exact) mass is 401 g/mol. The number of hydrogen-bond donors (Lipinski definition) is 4. The minimum atomic E-state index is -1.40. The minimum absolute atomic E-state index is 0.0483. The molecule has 11 heteroatoms. The van der Waals surface area contributed by atoms with Crippen LogP contribution in [-0.2, 0) is 14.3 Å². The van der Waals surface area contributed by atoms with Crippen molar-refractivity contribution >= 4 is 12.0 Å². The fourth-order valence-electron chi connectivity index (χ4n) is 2.76. The first kappa shape index (κ1) is 22.1. The number of ether oxygens (including phenoxy) is 2. The molecule has 1 saturated heterocycles. The van der Waals surface area contributed by atoms with E-state index >= 15 is 0 Å². The van der Waals surface area contributed by atoms with Gasteiger partial charge in [0.25, 0.3) is 0 Å². The zero-order valence-corrected chi connectivity index (χ0v) is 15.7. The Morgan fingerprint density at radius 2 is 2.04 bits per heavy atom. The van der Waals surface area contributed by atoms with Gasteiger partial charge in [-0.15, -0.1) is 0 Å². The van der Waals surface area contributed by atoms with Gasteiger partial charge in [-0.2, -0.15) is 10.5 Å². The maximum atomic E-state index is 12.1. The van der Waals surface area contributed by atoms with Gasteiger partial charge in [0, 0.05) is 12.3 Å². The second kappa shape index (κ2) is 11.0. The Morgan fingerprint density at radius 3 is 2.68 bits per heavy atom. The van der Waals surface area contributed by atoms with Crippen molar-refractivity contribution in [3.63, 3.8) is 0 Å². The third-order valence-electron chi connectivity index (χ3n) is 4.33. The van der Waals surface area contributed by atoms with E-state index in [4.69, 9.17) is 14.6 Å². The van der Waals surface area contributed by atoms with Gasteiger partial charge in [-0.25, -0.2) is 9.59 Å². The van der Waals surface area contributed by atoms with Gasteiger partial charge in [-0.05, 0) is 6.42 Å². The second-order valence-corrected chi connectivity index (χ2v) is 6.45. The number of rotatable bonds is 10. The molecule has 28 heavy (non-hydrogen) atoms. The molecule has 0 spiro atoms. The average molecular weight is 401 g/mol. The Hall–Kier alpha value is -2.21. The Labute approximate surface area is 161 Å². The molecule has 4 atom stereocenters. The third kappa shape index (κ3) is 5.89. The van der Waals surface area contributed by atoms with Crippen LogP contribution in [0.3, 0.4) is 0 Å². The zero-order chi connectivity index (χ0) is 20.5. The van der Waals surface area contributed by atoms with Crippen molar-refractivity contribution in [2.24, 2.45) is 0 Å². The lowest BCUT2D eigenvalue weighted by atomic mass is 10.1. The summed E-state index contributed by atoms with van der Waals surface area (Å²) >= 11 is 0. The molecule has 0 aliphatic carbocycles. The molecule has 1 aromatic rings. The van der Waals surface area contributed by atoms with Gasteiger partial charge in [0.15, 0.2) is 12.0 Å². The lowest BCUT2D eigenvalue weighted by Crippen LogP contribution is -2.36. The van der Waals surface area contributed by atoms with Crippen LogP contribution in [0.5, 0.6) is 0 Å². The van der Waals surface area contributed by atoms with Gasteiger partial charge >= 0.3 is 11.8 Å². The molecular weight excluding hydrogens is 374 g/mol. The molecule has 11 nitrogen and oxygen atoms in total. The van der Waals surface area contributed by atoms with Gasteiger partial charge in [-0.1, -0.05) is 32.6 Å². The molecule has 1 fully saturated rings. The summed E-state index contributed by atoms with van der Waals surface area (Å²) in [4.78, 5) is 31.9. The molecule has 158 valence electrons. The largest absolute Gasteiger partial charge is 0.533 e. The van der Waals surface area contributed by atoms with E-state index in [0.717, 1.165) is 36.7 Å². The predicted octanol–water partition coefficient (Wildman–Crippen LogP) is 0.305. The molecule has 4 N–H and O–H groups in total. The summed E-state index contributed by atoms with van der Waals surface area (Å²) in [5.74, 6) is -0.0483. The summed E-state index contributed by atoms with van der Waals surface area (Å²) in [6, 6.07) is 1.31. The molecule has 0 aromatic carbocycles. The fourth-order valence-corrected chi connectivity index (χ4v) is 2.76. The van der Waals surface area contributed by atoms with Gasteiger partial charge in [0.05, 0.1) is 13.2 Å². The predicted molar refractivity (Wildman–Crippen MR) is 96.3 cm³/mol. The average Bonchev–Trinajstić information content (AvgIpc) is 2.97. The molecular formula is C17H27N3O8. The van der Waals surface area contributed by atoms with Crippen LogP contribution in [0.1, 0.15) is 45.3 Å². The van der Waals surface area contributed by atoms with E-state index in [-0.39, 0.29) is 12.4 Å². The highest BCUT2D eigenvalue weighted by Crippen LogP contribution is 2.28. The Balaban J connectivity index is 1.81. The van der Waals surface area contributed by atoms with E-state index in [1.165, 1.54) is 12.3 Å². The topological polar surface area (TPSA) is 152 Å². The molecule has 1 unspecified atom stereocenters. The van der Waals surface area contributed by atoms with Crippen LogP contribution >= 0.6 is 0 Å². The highest BCUT2D eigenvalue weighted by Gasteiger charge is 2.43. The Morgan fingerprint density at radius 1 is 1.29 bits per heavy atom. The van der Waals surface area contributed by atoms with Gasteiger partial charge < -0.3 is 29.6 Å². The van der Waals surface area contributed by atoms with Crippen LogP contribution in [0.15, 0.2) is 17.1 Å². The van der Waals surface area contributed by atoms with E-state index in [2.05, 4.69) is 22.2 Å². The van der Waals surface area contributed by atoms with E-state index in [1.807, 2.05) is 0 Å². The number of anilines is 1. The molecule has 0 saturated carbocycles. The number of unbranched alkanes of at least 4 members (excludes halogenated alkanes) is 4. The number of carbonyl (C=O) groups excluding carboxylic acids is 1. The van der Waals surface area contributed by atoms with Crippen molar-refractivity contribution in [2.45, 2.75) is 63.6 Å². The van der Waals surface area contributed by atoms with E-state index in [0.29, 0.717) is 0 Å². The smallest absolute Gasteiger partial charge is 0.433 e. The van der Waals surface area contributed by atoms with Crippen molar-refractivity contribution in [2.75, 3.05) is 18.7 Å². The van der Waals surface area contributed by atoms with Crippen molar-refractivity contribution in [1.82, 2.24) is 9.55 Å². The molecule has 0 bridgehead atoms. The van der Waals surface area contributed by atoms with Gasteiger partial charge in [0.1, 0.15) is 18.3 Å². The lowest BCUT2D eigenvalue weighted by Gasteiger charge is -2.17. The highest BCUT2D eigenvalue weighted by molar-refractivity contribution is 5.61. The van der Waals surface area contributed by atoms with Crippen molar-refractivity contribution in [3.8, 4) is 0 Å². The summed E-state index contributed by atoms with van der Waals surface area (Å²) in [5.41, 5.74) is 1.40. The maximum Gasteiger partial charge on any atom is 0.533 e. The SMILES string of the molecule is CCCCCCCOC(=O)ONc1ccn([C@@H]2O[C@H](CO)[C@H](O)C2O)c(=O)n1. The van der Waals surface area contributed by atoms with Crippen LogP contribution in [0.25, 0.3) is 0 Å². The fraction of sp³-hybridized carbons (Fsp3) is 0.706. The van der Waals surface area contributed by atoms with E-state index in [9.17, 15) is 19.8 Å². The van der Waals surface area contributed by atoms with Crippen molar-refractivity contribution < 1.29 is 34.4 Å². The van der Waals surface area contributed by atoms with Gasteiger partial charge in [-0.3, -0.25) is 4.57 Å². The minimum Gasteiger partial charge on any atom is -0.433 e. The lowest BCUT2D eigenvalue weighted by molar-refractivity contribution is -0.0549. The zero-order valence-electron chi connectivity index (χ0n) is 15.7. The van der Waals surface area contributed by atoms with Crippen molar-refractivity contribution in [1.29, 1.82) is 0 Å². The normalized spacial score (nSPS) is 24.1. The number of hydrogen-bond acceptors (Lipinski definition) is 10. The van der Waals surface area contributed by atoms with Gasteiger partial charge in [0.2, 0.25) is 0 Å². The first-order valence-electron chi connectivity index (χ1n) is 9.29. The second-order valence-electron chi connectivity index (χ2n) is 6.45. The van der Waals surface area contributed by atoms with E-state index < -0.39 is 43.0 Å². The molecule has 1 aromatic heterocycles. The number of aliphatic hydroxyl groups excluding tert-OH is 3. The first-order valence-corrected chi connectivity index (χ1v) is 9.29. The highest BCUT2D eigenvalue weighted by atomic mass is 16.8. The van der Waals surface area contributed by atoms with E-state index in [1.54, 1.807) is 0 Å². The quantitative estimate of drug-likeness (QED) is 0.245. The van der Waals surface area contributed by atoms with Crippen LogP contribution in [-0.4, -0.2) is 62.6 Å².